The molecular weight excluding hydrogens is 469 g/mol. The van der Waals surface area contributed by atoms with E-state index in [0.29, 0.717) is 42.8 Å². The predicted molar refractivity (Wildman–Crippen MR) is 123 cm³/mol. The van der Waals surface area contributed by atoms with Gasteiger partial charge in [-0.15, -0.1) is 0 Å². The number of rotatable bonds is 4. The number of halogens is 2. The van der Waals surface area contributed by atoms with Crippen molar-refractivity contribution in [2.24, 2.45) is 18.9 Å². The van der Waals surface area contributed by atoms with E-state index in [4.69, 9.17) is 11.6 Å². The van der Waals surface area contributed by atoms with E-state index in [2.05, 4.69) is 10.3 Å². The van der Waals surface area contributed by atoms with Crippen LogP contribution >= 0.6 is 11.6 Å². The van der Waals surface area contributed by atoms with Gasteiger partial charge in [0, 0.05) is 18.7 Å². The number of nitrogens with zero attached hydrogens (tertiary/aromatic N) is 2. The van der Waals surface area contributed by atoms with Crippen molar-refractivity contribution in [1.29, 1.82) is 0 Å². The Morgan fingerprint density at radius 3 is 2.61 bits per heavy atom. The van der Waals surface area contributed by atoms with Gasteiger partial charge in [0.05, 0.1) is 33.6 Å². The second-order valence-corrected chi connectivity index (χ2v) is 12.6. The molecule has 0 bridgehead atoms. The number of carbonyl (C=O) groups is 1. The summed E-state index contributed by atoms with van der Waals surface area (Å²) < 4.78 is 40.0. The number of carbonyl (C=O) groups excluding carboxylic acids is 1. The largest absolute Gasteiger partial charge is 0.389 e. The number of hydrogen-bond donors (Lipinski definition) is 2. The van der Waals surface area contributed by atoms with E-state index in [9.17, 15) is 22.7 Å². The molecule has 1 aromatic carbocycles. The number of nitrogens with one attached hydrogen (secondary N) is 1. The van der Waals surface area contributed by atoms with Gasteiger partial charge in [0.15, 0.2) is 9.84 Å². The van der Waals surface area contributed by atoms with Gasteiger partial charge in [-0.05, 0) is 68.6 Å². The Balaban J connectivity index is 1.32. The SMILES string of the molecule is Cn1cnc(C2CC3CC(O)(C4CCCS4(=O)=O)CC3C2)c1C(=O)Nc1ccc(F)c(Cl)c1. The summed E-state index contributed by atoms with van der Waals surface area (Å²) in [5, 5.41) is 13.3. The molecule has 2 aromatic rings. The summed E-state index contributed by atoms with van der Waals surface area (Å²) in [6, 6.07) is 4.02. The Kier molecular flexibility index (Phi) is 5.57. The topological polar surface area (TPSA) is 101 Å². The quantitative estimate of drug-likeness (QED) is 0.673. The van der Waals surface area contributed by atoms with Crippen LogP contribution in [0.4, 0.5) is 10.1 Å². The van der Waals surface area contributed by atoms with Crippen molar-refractivity contribution in [3.8, 4) is 0 Å². The van der Waals surface area contributed by atoms with Crippen molar-refractivity contribution >= 4 is 33.0 Å². The first-order valence-electron chi connectivity index (χ1n) is 11.3. The molecule has 7 nitrogen and oxygen atoms in total. The van der Waals surface area contributed by atoms with Crippen LogP contribution in [0, 0.1) is 17.7 Å². The molecule has 2 heterocycles. The fourth-order valence-corrected chi connectivity index (χ4v) is 8.79. The minimum Gasteiger partial charge on any atom is -0.389 e. The number of hydrogen-bond acceptors (Lipinski definition) is 5. The lowest BCUT2D eigenvalue weighted by Crippen LogP contribution is -2.43. The molecule has 2 aliphatic carbocycles. The third-order valence-electron chi connectivity index (χ3n) is 7.75. The van der Waals surface area contributed by atoms with E-state index in [1.165, 1.54) is 18.2 Å². The van der Waals surface area contributed by atoms with Crippen LogP contribution in [0.25, 0.3) is 0 Å². The van der Waals surface area contributed by atoms with Crippen molar-refractivity contribution in [2.45, 2.75) is 55.3 Å². The van der Waals surface area contributed by atoms with Crippen LogP contribution in [-0.4, -0.2) is 45.6 Å². The Hall–Kier alpha value is -1.97. The van der Waals surface area contributed by atoms with Gasteiger partial charge >= 0.3 is 0 Å². The lowest BCUT2D eigenvalue weighted by molar-refractivity contribution is 0.0331. The van der Waals surface area contributed by atoms with Crippen LogP contribution < -0.4 is 5.32 Å². The highest BCUT2D eigenvalue weighted by Gasteiger charge is 2.56. The Morgan fingerprint density at radius 1 is 1.30 bits per heavy atom. The number of benzene rings is 1. The molecule has 1 amide bonds. The molecule has 10 heteroatoms. The molecule has 5 rings (SSSR count). The van der Waals surface area contributed by atoms with Gasteiger partial charge in [-0.25, -0.2) is 17.8 Å². The van der Waals surface area contributed by atoms with Crippen LogP contribution in [0.15, 0.2) is 24.5 Å². The van der Waals surface area contributed by atoms with E-state index < -0.39 is 26.5 Å². The normalized spacial score (nSPS) is 32.7. The first kappa shape index (κ1) is 22.8. The summed E-state index contributed by atoms with van der Waals surface area (Å²) in [7, 11) is -1.47. The second-order valence-electron chi connectivity index (χ2n) is 9.87. The second kappa shape index (κ2) is 8.06. The number of aliphatic hydroxyl groups is 1. The van der Waals surface area contributed by atoms with Crippen molar-refractivity contribution in [3.05, 3.63) is 46.8 Å². The minimum absolute atomic E-state index is 0.0588. The number of imidazole rings is 1. The Bertz CT molecular complexity index is 1200. The van der Waals surface area contributed by atoms with Gasteiger partial charge in [0.25, 0.3) is 5.91 Å². The minimum atomic E-state index is -3.23. The maximum atomic E-state index is 13.4. The molecule has 3 fully saturated rings. The zero-order valence-electron chi connectivity index (χ0n) is 18.3. The standard InChI is InChI=1S/C23H27ClFN3O4S/c1-28-12-26-20(21(28)22(29)27-16-4-5-18(25)17(24)9-16)13-7-14-10-23(30,11-15(14)8-13)19-3-2-6-33(19,31)32/h4-5,9,12-15,19,30H,2-3,6-8,10-11H2,1H3,(H,27,29). The summed E-state index contributed by atoms with van der Waals surface area (Å²) >= 11 is 5.83. The highest BCUT2D eigenvalue weighted by molar-refractivity contribution is 7.92. The zero-order chi connectivity index (χ0) is 23.5. The van der Waals surface area contributed by atoms with Gasteiger partial charge in [-0.2, -0.15) is 0 Å². The summed E-state index contributed by atoms with van der Waals surface area (Å²) in [6.45, 7) is 0. The fourth-order valence-electron chi connectivity index (χ4n) is 6.37. The van der Waals surface area contributed by atoms with Crippen LogP contribution in [0.2, 0.25) is 5.02 Å². The van der Waals surface area contributed by atoms with E-state index in [1.54, 1.807) is 17.9 Å². The van der Waals surface area contributed by atoms with Crippen LogP contribution in [0.3, 0.4) is 0 Å². The van der Waals surface area contributed by atoms with E-state index in [0.717, 1.165) is 12.8 Å². The zero-order valence-corrected chi connectivity index (χ0v) is 19.9. The molecule has 3 atom stereocenters. The molecule has 178 valence electrons. The number of amides is 1. The van der Waals surface area contributed by atoms with E-state index in [1.807, 2.05) is 0 Å². The molecule has 0 radical (unpaired) electrons. The van der Waals surface area contributed by atoms with Crippen LogP contribution in [-0.2, 0) is 16.9 Å². The third kappa shape index (κ3) is 3.98. The maximum absolute atomic E-state index is 13.4. The van der Waals surface area contributed by atoms with Crippen LogP contribution in [0.5, 0.6) is 0 Å². The molecular formula is C23H27ClFN3O4S. The number of anilines is 1. The summed E-state index contributed by atoms with van der Waals surface area (Å²) in [5.41, 5.74) is 0.398. The van der Waals surface area contributed by atoms with Crippen molar-refractivity contribution in [2.75, 3.05) is 11.1 Å². The van der Waals surface area contributed by atoms with Gasteiger partial charge < -0.3 is 15.0 Å². The first-order valence-corrected chi connectivity index (χ1v) is 13.4. The number of sulfone groups is 1. The van der Waals surface area contributed by atoms with E-state index >= 15 is 0 Å². The molecule has 3 aliphatic rings. The molecule has 1 saturated heterocycles. The van der Waals surface area contributed by atoms with E-state index in [-0.39, 0.29) is 34.4 Å². The lowest BCUT2D eigenvalue weighted by Gasteiger charge is -2.30. The molecule has 0 spiro atoms. The molecule has 3 unspecified atom stereocenters. The summed E-state index contributed by atoms with van der Waals surface area (Å²) in [5.74, 6) is -0.251. The van der Waals surface area contributed by atoms with Gasteiger partial charge in [0.1, 0.15) is 11.5 Å². The van der Waals surface area contributed by atoms with Crippen molar-refractivity contribution < 1.29 is 22.7 Å². The maximum Gasteiger partial charge on any atom is 0.274 e. The molecule has 2 saturated carbocycles. The molecule has 33 heavy (non-hydrogen) atoms. The average molecular weight is 496 g/mol. The lowest BCUT2D eigenvalue weighted by atomic mass is 9.88. The van der Waals surface area contributed by atoms with Gasteiger partial charge in [0.2, 0.25) is 0 Å². The van der Waals surface area contributed by atoms with Crippen molar-refractivity contribution in [1.82, 2.24) is 9.55 Å². The fraction of sp³-hybridized carbons (Fsp3) is 0.565. The van der Waals surface area contributed by atoms with Gasteiger partial charge in [-0.3, -0.25) is 4.79 Å². The third-order valence-corrected chi connectivity index (χ3v) is 10.4. The average Bonchev–Trinajstić information content (AvgIpc) is 3.46. The van der Waals surface area contributed by atoms with Gasteiger partial charge in [-0.1, -0.05) is 11.6 Å². The highest BCUT2D eigenvalue weighted by Crippen LogP contribution is 2.56. The van der Waals surface area contributed by atoms with Crippen LogP contribution in [0.1, 0.15) is 60.6 Å². The number of aryl methyl sites for hydroxylation is 1. The Labute approximate surface area is 197 Å². The summed E-state index contributed by atoms with van der Waals surface area (Å²) in [6.07, 6.45) is 5.27. The Morgan fingerprint density at radius 2 is 2.00 bits per heavy atom. The molecule has 2 N–H and O–H groups in total. The monoisotopic (exact) mass is 495 g/mol. The molecule has 1 aromatic heterocycles. The summed E-state index contributed by atoms with van der Waals surface area (Å²) in [4.78, 5) is 17.6. The smallest absolute Gasteiger partial charge is 0.274 e. The number of aromatic nitrogens is 2. The molecule has 1 aliphatic heterocycles. The highest BCUT2D eigenvalue weighted by atomic mass is 35.5. The van der Waals surface area contributed by atoms with Crippen molar-refractivity contribution in [3.63, 3.8) is 0 Å². The predicted octanol–water partition coefficient (Wildman–Crippen LogP) is 3.68. The number of fused-ring (bicyclic) bond motifs is 1. The first-order chi connectivity index (χ1) is 15.6.